The summed E-state index contributed by atoms with van der Waals surface area (Å²) in [4.78, 5) is 2.31. The highest BCUT2D eigenvalue weighted by atomic mass is 16.3. The van der Waals surface area contributed by atoms with Crippen molar-refractivity contribution in [3.05, 3.63) is 0 Å². The average Bonchev–Trinajstić information content (AvgIpc) is 2.38. The van der Waals surface area contributed by atoms with Crippen molar-refractivity contribution in [1.29, 1.82) is 5.26 Å². The Bertz CT molecular complexity index is 232. The lowest BCUT2D eigenvalue weighted by atomic mass is 9.97. The van der Waals surface area contributed by atoms with Crippen molar-refractivity contribution in [2.75, 3.05) is 6.54 Å². The van der Waals surface area contributed by atoms with Crippen LogP contribution >= 0.6 is 0 Å². The molecule has 0 radical (unpaired) electrons. The first-order chi connectivity index (χ1) is 6.50. The van der Waals surface area contributed by atoms with Crippen LogP contribution in [0.5, 0.6) is 0 Å². The number of nitriles is 1. The SMILES string of the molecule is CC(CCC#N)N1CCC(O)C1(C)C. The van der Waals surface area contributed by atoms with E-state index >= 15 is 0 Å². The van der Waals surface area contributed by atoms with Gasteiger partial charge in [0.15, 0.2) is 0 Å². The van der Waals surface area contributed by atoms with Gasteiger partial charge in [0.05, 0.1) is 12.2 Å². The third kappa shape index (κ3) is 2.08. The number of rotatable bonds is 3. The lowest BCUT2D eigenvalue weighted by Gasteiger charge is -2.38. The topological polar surface area (TPSA) is 47.3 Å². The molecule has 1 N–H and O–H groups in total. The molecule has 1 rings (SSSR count). The van der Waals surface area contributed by atoms with Gasteiger partial charge in [0.2, 0.25) is 0 Å². The van der Waals surface area contributed by atoms with Crippen LogP contribution in [0, 0.1) is 11.3 Å². The van der Waals surface area contributed by atoms with Gasteiger partial charge in [-0.25, -0.2) is 0 Å². The maximum absolute atomic E-state index is 9.79. The van der Waals surface area contributed by atoms with E-state index in [1.54, 1.807) is 0 Å². The summed E-state index contributed by atoms with van der Waals surface area (Å²) in [5, 5.41) is 18.3. The van der Waals surface area contributed by atoms with Crippen molar-refractivity contribution < 1.29 is 5.11 Å². The predicted octanol–water partition coefficient (Wildman–Crippen LogP) is 1.52. The molecule has 1 aliphatic heterocycles. The van der Waals surface area contributed by atoms with Crippen LogP contribution in [0.1, 0.15) is 40.0 Å². The van der Waals surface area contributed by atoms with Gasteiger partial charge in [-0.1, -0.05) is 0 Å². The number of aliphatic hydroxyl groups is 1. The second-order valence-electron chi connectivity index (χ2n) is 4.70. The summed E-state index contributed by atoms with van der Waals surface area (Å²) in [5.41, 5.74) is -0.130. The van der Waals surface area contributed by atoms with E-state index in [0.717, 1.165) is 19.4 Å². The Hall–Kier alpha value is -0.590. The zero-order chi connectivity index (χ0) is 10.8. The van der Waals surface area contributed by atoms with E-state index in [2.05, 4.69) is 31.7 Å². The van der Waals surface area contributed by atoms with E-state index in [4.69, 9.17) is 5.26 Å². The number of nitrogens with zero attached hydrogens (tertiary/aromatic N) is 2. The molecule has 3 nitrogen and oxygen atoms in total. The van der Waals surface area contributed by atoms with E-state index in [1.165, 1.54) is 0 Å². The molecule has 1 fully saturated rings. The summed E-state index contributed by atoms with van der Waals surface area (Å²) >= 11 is 0. The number of hydrogen-bond donors (Lipinski definition) is 1. The van der Waals surface area contributed by atoms with Gasteiger partial charge in [0, 0.05) is 24.5 Å². The Balaban J connectivity index is 2.57. The van der Waals surface area contributed by atoms with Gasteiger partial charge in [-0.3, -0.25) is 4.90 Å². The van der Waals surface area contributed by atoms with Crippen molar-refractivity contribution in [2.45, 2.75) is 57.7 Å². The minimum atomic E-state index is -0.230. The smallest absolute Gasteiger partial charge is 0.0730 e. The average molecular weight is 196 g/mol. The lowest BCUT2D eigenvalue weighted by Crippen LogP contribution is -2.49. The van der Waals surface area contributed by atoms with Crippen LogP contribution in [0.25, 0.3) is 0 Å². The molecule has 3 heteroatoms. The van der Waals surface area contributed by atoms with Crippen molar-refractivity contribution in [2.24, 2.45) is 0 Å². The number of hydrogen-bond acceptors (Lipinski definition) is 3. The minimum absolute atomic E-state index is 0.130. The van der Waals surface area contributed by atoms with E-state index in [-0.39, 0.29) is 11.6 Å². The molecule has 0 aromatic heterocycles. The summed E-state index contributed by atoms with van der Waals surface area (Å²) < 4.78 is 0. The molecule has 1 saturated heterocycles. The molecule has 1 heterocycles. The zero-order valence-corrected chi connectivity index (χ0v) is 9.32. The first-order valence-corrected chi connectivity index (χ1v) is 5.32. The Morgan fingerprint density at radius 2 is 2.29 bits per heavy atom. The summed E-state index contributed by atoms with van der Waals surface area (Å²) in [6.07, 6.45) is 2.12. The van der Waals surface area contributed by atoms with Crippen LogP contribution in [-0.4, -0.2) is 34.2 Å². The fraction of sp³-hybridized carbons (Fsp3) is 0.909. The maximum Gasteiger partial charge on any atom is 0.0730 e. The van der Waals surface area contributed by atoms with Gasteiger partial charge >= 0.3 is 0 Å². The minimum Gasteiger partial charge on any atom is -0.391 e. The van der Waals surface area contributed by atoms with Crippen LogP contribution in [0.4, 0.5) is 0 Å². The van der Waals surface area contributed by atoms with Crippen LogP contribution in [-0.2, 0) is 0 Å². The van der Waals surface area contributed by atoms with Gasteiger partial charge in [-0.2, -0.15) is 5.26 Å². The van der Waals surface area contributed by atoms with Gasteiger partial charge in [0.1, 0.15) is 0 Å². The molecule has 80 valence electrons. The van der Waals surface area contributed by atoms with Crippen LogP contribution in [0.3, 0.4) is 0 Å². The number of aliphatic hydroxyl groups excluding tert-OH is 1. The van der Waals surface area contributed by atoms with E-state index < -0.39 is 0 Å². The summed E-state index contributed by atoms with van der Waals surface area (Å²) in [5.74, 6) is 0. The van der Waals surface area contributed by atoms with Crippen molar-refractivity contribution in [3.63, 3.8) is 0 Å². The van der Waals surface area contributed by atoms with E-state index in [9.17, 15) is 5.11 Å². The Morgan fingerprint density at radius 1 is 1.64 bits per heavy atom. The molecule has 0 aliphatic carbocycles. The number of likely N-dealkylation sites (tertiary alicyclic amines) is 1. The molecule has 2 atom stereocenters. The molecule has 14 heavy (non-hydrogen) atoms. The monoisotopic (exact) mass is 196 g/mol. The molecule has 0 aromatic carbocycles. The van der Waals surface area contributed by atoms with Crippen LogP contribution in [0.2, 0.25) is 0 Å². The van der Waals surface area contributed by atoms with Gasteiger partial charge in [-0.15, -0.1) is 0 Å². The van der Waals surface area contributed by atoms with Gasteiger partial charge in [-0.05, 0) is 33.6 Å². The normalized spacial score (nSPS) is 28.6. The lowest BCUT2D eigenvalue weighted by molar-refractivity contribution is 0.0327. The summed E-state index contributed by atoms with van der Waals surface area (Å²) in [6.45, 7) is 7.24. The maximum atomic E-state index is 9.79. The highest BCUT2D eigenvalue weighted by molar-refractivity contribution is 4.97. The highest BCUT2D eigenvalue weighted by Crippen LogP contribution is 2.31. The third-order valence-corrected chi connectivity index (χ3v) is 3.41. The molecule has 2 unspecified atom stereocenters. The zero-order valence-electron chi connectivity index (χ0n) is 9.32. The Morgan fingerprint density at radius 3 is 2.71 bits per heavy atom. The molecular formula is C11H20N2O. The molecule has 0 spiro atoms. The van der Waals surface area contributed by atoms with Crippen molar-refractivity contribution in [1.82, 2.24) is 4.90 Å². The second-order valence-corrected chi connectivity index (χ2v) is 4.70. The molecule has 0 aromatic rings. The van der Waals surface area contributed by atoms with Crippen molar-refractivity contribution in [3.8, 4) is 6.07 Å². The van der Waals surface area contributed by atoms with E-state index in [1.807, 2.05) is 0 Å². The van der Waals surface area contributed by atoms with Crippen LogP contribution < -0.4 is 0 Å². The van der Waals surface area contributed by atoms with Crippen molar-refractivity contribution >= 4 is 0 Å². The largest absolute Gasteiger partial charge is 0.391 e. The van der Waals surface area contributed by atoms with Crippen LogP contribution in [0.15, 0.2) is 0 Å². The van der Waals surface area contributed by atoms with Gasteiger partial charge < -0.3 is 5.11 Å². The summed E-state index contributed by atoms with van der Waals surface area (Å²) in [6, 6.07) is 2.56. The Labute approximate surface area is 86.3 Å². The third-order valence-electron chi connectivity index (χ3n) is 3.41. The second kappa shape index (κ2) is 4.29. The molecule has 0 amide bonds. The first kappa shape index (κ1) is 11.5. The molecular weight excluding hydrogens is 176 g/mol. The standard InChI is InChI=1S/C11H20N2O/c1-9(5-4-7-12)13-8-6-10(14)11(13,2)3/h9-10,14H,4-6,8H2,1-3H3. The summed E-state index contributed by atoms with van der Waals surface area (Å²) in [7, 11) is 0. The molecule has 1 aliphatic rings. The van der Waals surface area contributed by atoms with E-state index in [0.29, 0.717) is 12.5 Å². The fourth-order valence-electron chi connectivity index (χ4n) is 2.31. The molecule has 0 saturated carbocycles. The molecule has 0 bridgehead atoms. The predicted molar refractivity (Wildman–Crippen MR) is 55.7 cm³/mol. The fourth-order valence-corrected chi connectivity index (χ4v) is 2.31. The highest BCUT2D eigenvalue weighted by Gasteiger charge is 2.41. The first-order valence-electron chi connectivity index (χ1n) is 5.32. The quantitative estimate of drug-likeness (QED) is 0.744. The van der Waals surface area contributed by atoms with Gasteiger partial charge in [0.25, 0.3) is 0 Å². The Kier molecular flexibility index (Phi) is 3.52.